The monoisotopic (exact) mass is 876 g/mol. The molecule has 322 valence electrons. The molecular weight excluding hydrogens is 833 g/mol. The van der Waals surface area contributed by atoms with Crippen LogP contribution in [-0.2, 0) is 5.41 Å². The highest BCUT2D eigenvalue weighted by molar-refractivity contribution is 6.06. The second kappa shape index (κ2) is 16.7. The van der Waals surface area contributed by atoms with Crippen LogP contribution in [0.4, 0.5) is 0 Å². The summed E-state index contributed by atoms with van der Waals surface area (Å²) in [7, 11) is 0. The predicted octanol–water partition coefficient (Wildman–Crippen LogP) is 17.1. The van der Waals surface area contributed by atoms with Gasteiger partial charge in [0.05, 0.1) is 16.8 Å². The average molecular weight is 877 g/mol. The molecule has 1 aromatic heterocycles. The number of aromatic nitrogens is 2. The van der Waals surface area contributed by atoms with E-state index >= 15 is 0 Å². The summed E-state index contributed by atoms with van der Waals surface area (Å²) in [5.41, 5.74) is 19.1. The Hall–Kier alpha value is -8.98. The van der Waals surface area contributed by atoms with Gasteiger partial charge in [0.25, 0.3) is 0 Å². The lowest BCUT2D eigenvalue weighted by atomic mass is 9.67. The van der Waals surface area contributed by atoms with Crippen molar-refractivity contribution < 1.29 is 0 Å². The Morgan fingerprint density at radius 2 is 0.768 bits per heavy atom. The highest BCUT2D eigenvalue weighted by Crippen LogP contribution is 2.57. The lowest BCUT2D eigenvalue weighted by Crippen LogP contribution is -2.28. The van der Waals surface area contributed by atoms with E-state index in [1.807, 2.05) is 18.2 Å². The van der Waals surface area contributed by atoms with E-state index < -0.39 is 5.41 Å². The Morgan fingerprint density at radius 3 is 1.49 bits per heavy atom. The molecule has 1 aliphatic carbocycles. The number of hydrogen-bond donors (Lipinski definition) is 0. The molecule has 2 nitrogen and oxygen atoms in total. The van der Waals surface area contributed by atoms with E-state index in [1.54, 1.807) is 0 Å². The van der Waals surface area contributed by atoms with E-state index in [-0.39, 0.29) is 0 Å². The van der Waals surface area contributed by atoms with Gasteiger partial charge in [-0.05, 0) is 125 Å². The average Bonchev–Trinajstić information content (AvgIpc) is 3.73. The normalized spacial score (nSPS) is 12.5. The first kappa shape index (κ1) is 40.3. The molecule has 0 unspecified atom stereocenters. The summed E-state index contributed by atoms with van der Waals surface area (Å²) in [6.45, 7) is 0. The minimum absolute atomic E-state index is 0.452. The molecule has 0 N–H and O–H groups in total. The summed E-state index contributed by atoms with van der Waals surface area (Å²) in [6.07, 6.45) is 0. The fraction of sp³-hybridized carbons (Fsp3) is 0.0149. The molecule has 0 aliphatic heterocycles. The topological polar surface area (TPSA) is 25.8 Å². The summed E-state index contributed by atoms with van der Waals surface area (Å²) in [5.74, 6) is 0.700. The summed E-state index contributed by atoms with van der Waals surface area (Å²) < 4.78 is 0. The van der Waals surface area contributed by atoms with Crippen LogP contribution in [0.1, 0.15) is 22.3 Å². The first-order chi connectivity index (χ1) is 34.2. The van der Waals surface area contributed by atoms with Crippen molar-refractivity contribution in [1.82, 2.24) is 9.97 Å². The minimum atomic E-state index is -0.452. The van der Waals surface area contributed by atoms with Crippen LogP contribution in [0.3, 0.4) is 0 Å². The smallest absolute Gasteiger partial charge is 0.160 e. The van der Waals surface area contributed by atoms with Gasteiger partial charge in [-0.2, -0.15) is 0 Å². The van der Waals surface area contributed by atoms with Crippen LogP contribution in [0.25, 0.3) is 100.0 Å². The largest absolute Gasteiger partial charge is 0.228 e. The third-order valence-corrected chi connectivity index (χ3v) is 14.1. The molecule has 0 saturated carbocycles. The van der Waals surface area contributed by atoms with Crippen molar-refractivity contribution in [1.29, 1.82) is 0 Å². The zero-order chi connectivity index (χ0) is 45.7. The standard InChI is InChI=1S/C67H44N2/c1-5-19-45(20-6-1)51-40-52(49-35-38-63-61(43-49)59-31-17-18-32-62(59)67(63,54-25-9-3-10-26-54)55-27-11-4-12-28-55)42-53(41-51)56-36-37-60(58-30-16-15-29-57(56)58)65-44-64(68-66(69-65)47-22-7-2-8-23-47)50-34-33-46-21-13-14-24-48(46)39-50/h1-44H. The Kier molecular flexibility index (Phi) is 9.77. The molecule has 13 rings (SSSR count). The van der Waals surface area contributed by atoms with Crippen molar-refractivity contribution in [3.63, 3.8) is 0 Å². The molecule has 69 heavy (non-hydrogen) atoms. The zero-order valence-corrected chi connectivity index (χ0v) is 37.8. The van der Waals surface area contributed by atoms with Crippen molar-refractivity contribution in [2.75, 3.05) is 0 Å². The molecular formula is C67H44N2. The molecule has 1 heterocycles. The van der Waals surface area contributed by atoms with E-state index in [1.165, 1.54) is 72.0 Å². The van der Waals surface area contributed by atoms with Crippen LogP contribution >= 0.6 is 0 Å². The lowest BCUT2D eigenvalue weighted by molar-refractivity contribution is 0.768. The third-order valence-electron chi connectivity index (χ3n) is 14.1. The van der Waals surface area contributed by atoms with Crippen LogP contribution in [-0.4, -0.2) is 9.97 Å². The van der Waals surface area contributed by atoms with Gasteiger partial charge in [-0.25, -0.2) is 9.97 Å². The summed E-state index contributed by atoms with van der Waals surface area (Å²) in [6, 6.07) is 96.9. The van der Waals surface area contributed by atoms with Crippen molar-refractivity contribution in [2.24, 2.45) is 0 Å². The molecule has 2 heteroatoms. The van der Waals surface area contributed by atoms with Crippen LogP contribution in [0.5, 0.6) is 0 Å². The Balaban J connectivity index is 0.984. The molecule has 11 aromatic carbocycles. The lowest BCUT2D eigenvalue weighted by Gasteiger charge is -2.33. The SMILES string of the molecule is c1ccc(-c2cc(-c3ccc4c(c3)-c3ccccc3C4(c3ccccc3)c3ccccc3)cc(-c3ccc(-c4cc(-c5ccc6ccccc6c5)nc(-c5ccccc5)n4)c4ccccc34)c2)cc1. The highest BCUT2D eigenvalue weighted by Gasteiger charge is 2.46. The molecule has 0 atom stereocenters. The molecule has 0 bridgehead atoms. The summed E-state index contributed by atoms with van der Waals surface area (Å²) >= 11 is 0. The fourth-order valence-corrected chi connectivity index (χ4v) is 10.9. The summed E-state index contributed by atoms with van der Waals surface area (Å²) in [5, 5.41) is 4.68. The predicted molar refractivity (Wildman–Crippen MR) is 287 cm³/mol. The van der Waals surface area contributed by atoms with Crippen molar-refractivity contribution in [2.45, 2.75) is 5.41 Å². The minimum Gasteiger partial charge on any atom is -0.228 e. The van der Waals surface area contributed by atoms with Crippen molar-refractivity contribution in [3.05, 3.63) is 289 Å². The highest BCUT2D eigenvalue weighted by atomic mass is 14.9. The first-order valence-corrected chi connectivity index (χ1v) is 23.7. The van der Waals surface area contributed by atoms with Gasteiger partial charge < -0.3 is 0 Å². The number of hydrogen-bond acceptors (Lipinski definition) is 2. The van der Waals surface area contributed by atoms with Gasteiger partial charge in [0.1, 0.15) is 0 Å². The van der Waals surface area contributed by atoms with Gasteiger partial charge in [0.15, 0.2) is 5.82 Å². The van der Waals surface area contributed by atoms with Gasteiger partial charge >= 0.3 is 0 Å². The molecule has 0 radical (unpaired) electrons. The van der Waals surface area contributed by atoms with E-state index in [2.05, 4.69) is 249 Å². The Bertz CT molecular complexity index is 3840. The second-order valence-corrected chi connectivity index (χ2v) is 18.0. The molecule has 0 fully saturated rings. The molecule has 0 amide bonds. The number of fused-ring (bicyclic) bond motifs is 5. The second-order valence-electron chi connectivity index (χ2n) is 18.0. The summed E-state index contributed by atoms with van der Waals surface area (Å²) in [4.78, 5) is 10.5. The Labute approximate surface area is 402 Å². The van der Waals surface area contributed by atoms with Crippen molar-refractivity contribution in [3.8, 4) is 78.4 Å². The van der Waals surface area contributed by atoms with Crippen LogP contribution in [0.15, 0.2) is 267 Å². The van der Waals surface area contributed by atoms with Gasteiger partial charge in [0.2, 0.25) is 0 Å². The van der Waals surface area contributed by atoms with Crippen molar-refractivity contribution >= 4 is 21.5 Å². The van der Waals surface area contributed by atoms with Crippen LogP contribution in [0.2, 0.25) is 0 Å². The van der Waals surface area contributed by atoms with Gasteiger partial charge in [-0.1, -0.05) is 231 Å². The van der Waals surface area contributed by atoms with E-state index in [0.717, 1.165) is 44.4 Å². The number of nitrogens with zero attached hydrogens (tertiary/aromatic N) is 2. The Morgan fingerprint density at radius 1 is 0.246 bits per heavy atom. The van der Waals surface area contributed by atoms with E-state index in [0.29, 0.717) is 5.82 Å². The molecule has 1 aliphatic rings. The molecule has 0 spiro atoms. The molecule has 12 aromatic rings. The first-order valence-electron chi connectivity index (χ1n) is 23.7. The van der Waals surface area contributed by atoms with Gasteiger partial charge in [-0.3, -0.25) is 0 Å². The maximum absolute atomic E-state index is 5.30. The van der Waals surface area contributed by atoms with E-state index in [4.69, 9.17) is 9.97 Å². The fourth-order valence-electron chi connectivity index (χ4n) is 10.9. The quantitative estimate of drug-likeness (QED) is 0.152. The number of benzene rings is 11. The molecule has 0 saturated heterocycles. The maximum Gasteiger partial charge on any atom is 0.160 e. The number of rotatable bonds is 8. The van der Waals surface area contributed by atoms with Crippen LogP contribution in [0, 0.1) is 0 Å². The van der Waals surface area contributed by atoms with Gasteiger partial charge in [-0.15, -0.1) is 0 Å². The van der Waals surface area contributed by atoms with Gasteiger partial charge in [0, 0.05) is 16.7 Å². The zero-order valence-electron chi connectivity index (χ0n) is 37.8. The van der Waals surface area contributed by atoms with Crippen LogP contribution < -0.4 is 0 Å². The van der Waals surface area contributed by atoms with E-state index in [9.17, 15) is 0 Å². The third kappa shape index (κ3) is 6.88. The maximum atomic E-state index is 5.30.